The number of rotatable bonds is 6. The minimum atomic E-state index is -1.95. The molecule has 1 aromatic carbocycles. The van der Waals surface area contributed by atoms with Crippen molar-refractivity contribution in [3.63, 3.8) is 0 Å². The van der Waals surface area contributed by atoms with Crippen LogP contribution in [-0.4, -0.2) is 29.8 Å². The van der Waals surface area contributed by atoms with E-state index in [0.29, 0.717) is 12.0 Å². The summed E-state index contributed by atoms with van der Waals surface area (Å²) < 4.78 is 9.80. The van der Waals surface area contributed by atoms with Gasteiger partial charge in [-0.1, -0.05) is 49.4 Å². The maximum atomic E-state index is 11.9. The lowest BCUT2D eigenvalue weighted by molar-refractivity contribution is -0.238. The van der Waals surface area contributed by atoms with Gasteiger partial charge in [0.2, 0.25) is 11.7 Å². The number of esters is 2. The summed E-state index contributed by atoms with van der Waals surface area (Å²) >= 11 is 0. The summed E-state index contributed by atoms with van der Waals surface area (Å²) in [6, 6.07) is 8.26. The van der Waals surface area contributed by atoms with Crippen LogP contribution < -0.4 is 0 Å². The second-order valence-corrected chi connectivity index (χ2v) is 4.75. The van der Waals surface area contributed by atoms with Gasteiger partial charge in [0, 0.05) is 0 Å². The minimum Gasteiger partial charge on any atom is -0.463 e. The molecule has 0 aromatic heterocycles. The number of hydrogen-bond donors (Lipinski definition) is 1. The number of allylic oxidation sites excluding steroid dienone is 1. The third-order valence-electron chi connectivity index (χ3n) is 3.27. The predicted molar refractivity (Wildman–Crippen MR) is 75.2 cm³/mol. The third kappa shape index (κ3) is 2.97. The molecule has 2 rings (SSSR count). The Balaban J connectivity index is 1.99. The van der Waals surface area contributed by atoms with Crippen molar-refractivity contribution in [1.82, 2.24) is 0 Å². The van der Waals surface area contributed by atoms with E-state index in [4.69, 9.17) is 9.47 Å². The number of carbonyl (C=O) groups is 2. The molecule has 0 aliphatic carbocycles. The van der Waals surface area contributed by atoms with Crippen molar-refractivity contribution < 1.29 is 24.2 Å². The lowest BCUT2D eigenvalue weighted by Crippen LogP contribution is -2.63. The van der Waals surface area contributed by atoms with Gasteiger partial charge in [-0.15, -0.1) is 0 Å². The fourth-order valence-electron chi connectivity index (χ4n) is 2.10. The summed E-state index contributed by atoms with van der Waals surface area (Å²) in [5.41, 5.74) is -1.62. The summed E-state index contributed by atoms with van der Waals surface area (Å²) in [6.45, 7) is 2.20. The van der Waals surface area contributed by atoms with Crippen molar-refractivity contribution in [3.8, 4) is 0 Å². The molecule has 0 saturated carbocycles. The van der Waals surface area contributed by atoms with Crippen molar-refractivity contribution >= 4 is 11.9 Å². The number of cyclic esters (lactones) is 1. The highest BCUT2D eigenvalue weighted by Crippen LogP contribution is 2.38. The van der Waals surface area contributed by atoms with Crippen molar-refractivity contribution in [2.75, 3.05) is 6.61 Å². The Morgan fingerprint density at radius 1 is 1.38 bits per heavy atom. The number of ether oxygens (including phenoxy) is 2. The Bertz CT molecular complexity index is 537. The maximum absolute atomic E-state index is 11.9. The van der Waals surface area contributed by atoms with Crippen LogP contribution in [0, 0.1) is 0 Å². The van der Waals surface area contributed by atoms with Crippen LogP contribution in [-0.2, 0) is 24.7 Å². The molecule has 1 N–H and O–H groups in total. The molecule has 1 saturated heterocycles. The molecule has 21 heavy (non-hydrogen) atoms. The van der Waals surface area contributed by atoms with E-state index in [1.807, 2.05) is 19.1 Å². The predicted octanol–water partition coefficient (Wildman–Crippen LogP) is 1.70. The summed E-state index contributed by atoms with van der Waals surface area (Å²) in [5.74, 6) is -1.56. The number of aliphatic hydroxyl groups is 1. The molecule has 0 bridgehead atoms. The van der Waals surface area contributed by atoms with Gasteiger partial charge >= 0.3 is 11.9 Å². The van der Waals surface area contributed by atoms with E-state index >= 15 is 0 Å². The zero-order valence-corrected chi connectivity index (χ0v) is 11.8. The van der Waals surface area contributed by atoms with Gasteiger partial charge in [0.25, 0.3) is 0 Å². The van der Waals surface area contributed by atoms with E-state index in [1.165, 1.54) is 0 Å². The van der Waals surface area contributed by atoms with Gasteiger partial charge < -0.3 is 14.6 Å². The molecular formula is C16H18O5. The fourth-order valence-corrected chi connectivity index (χ4v) is 2.10. The molecule has 2 atom stereocenters. The van der Waals surface area contributed by atoms with Gasteiger partial charge in [0.1, 0.15) is 0 Å². The molecule has 1 aliphatic rings. The topological polar surface area (TPSA) is 72.8 Å². The van der Waals surface area contributed by atoms with Crippen LogP contribution in [0.15, 0.2) is 42.5 Å². The van der Waals surface area contributed by atoms with E-state index in [0.717, 1.165) is 6.42 Å². The molecule has 1 heterocycles. The Morgan fingerprint density at radius 2 is 2.10 bits per heavy atom. The molecular weight excluding hydrogens is 272 g/mol. The minimum absolute atomic E-state index is 0.189. The van der Waals surface area contributed by atoms with Crippen molar-refractivity contribution in [1.29, 1.82) is 0 Å². The molecule has 5 nitrogen and oxygen atoms in total. The Kier molecular flexibility index (Phi) is 4.75. The van der Waals surface area contributed by atoms with Crippen LogP contribution in [0.1, 0.15) is 25.3 Å². The van der Waals surface area contributed by atoms with Gasteiger partial charge in [-0.2, -0.15) is 0 Å². The summed E-state index contributed by atoms with van der Waals surface area (Å²) in [4.78, 5) is 23.5. The van der Waals surface area contributed by atoms with Crippen LogP contribution in [0.4, 0.5) is 0 Å². The summed E-state index contributed by atoms with van der Waals surface area (Å²) in [6.07, 6.45) is 4.08. The second-order valence-electron chi connectivity index (χ2n) is 4.75. The first-order chi connectivity index (χ1) is 10.1. The second kappa shape index (κ2) is 6.54. The molecule has 0 radical (unpaired) electrons. The van der Waals surface area contributed by atoms with E-state index in [1.54, 1.807) is 30.3 Å². The molecule has 0 spiro atoms. The molecule has 2 unspecified atom stereocenters. The molecule has 112 valence electrons. The van der Waals surface area contributed by atoms with Gasteiger partial charge in [-0.25, -0.2) is 9.59 Å². The Hall–Kier alpha value is -2.14. The maximum Gasteiger partial charge on any atom is 0.351 e. The summed E-state index contributed by atoms with van der Waals surface area (Å²) in [7, 11) is 0. The quantitative estimate of drug-likeness (QED) is 0.490. The van der Waals surface area contributed by atoms with Crippen molar-refractivity contribution in [2.24, 2.45) is 0 Å². The zero-order valence-electron chi connectivity index (χ0n) is 11.8. The smallest absolute Gasteiger partial charge is 0.351 e. The standard InChI is InChI=1S/C16H18O5/c1-2-3-4-8-11-20-14(17)13-16(19,15(18)21-13)12-9-6-5-7-10-12/h3-7,9-10,13,19H,2,8,11H2,1H3/b4-3-. The van der Waals surface area contributed by atoms with E-state index in [2.05, 4.69) is 0 Å². The summed E-state index contributed by atoms with van der Waals surface area (Å²) in [5, 5.41) is 10.4. The SMILES string of the molecule is CC/C=C\CCOC(=O)C1OC(=O)C1(O)c1ccccc1. The normalized spacial score (nSPS) is 24.5. The van der Waals surface area contributed by atoms with Crippen LogP contribution in [0.2, 0.25) is 0 Å². The highest BCUT2D eigenvalue weighted by molar-refractivity contribution is 5.97. The first kappa shape index (κ1) is 15.3. The van der Waals surface area contributed by atoms with Crippen LogP contribution in [0.25, 0.3) is 0 Å². The van der Waals surface area contributed by atoms with E-state index in [9.17, 15) is 14.7 Å². The monoisotopic (exact) mass is 290 g/mol. The third-order valence-corrected chi connectivity index (χ3v) is 3.27. The number of hydrogen-bond acceptors (Lipinski definition) is 5. The molecule has 1 aromatic rings. The van der Waals surface area contributed by atoms with Crippen LogP contribution in [0.5, 0.6) is 0 Å². The van der Waals surface area contributed by atoms with E-state index < -0.39 is 23.6 Å². The van der Waals surface area contributed by atoms with Crippen molar-refractivity contribution in [2.45, 2.75) is 31.5 Å². The molecule has 1 fully saturated rings. The highest BCUT2D eigenvalue weighted by atomic mass is 16.6. The number of carbonyl (C=O) groups excluding carboxylic acids is 2. The average molecular weight is 290 g/mol. The lowest BCUT2D eigenvalue weighted by Gasteiger charge is -2.40. The lowest BCUT2D eigenvalue weighted by atomic mass is 9.83. The van der Waals surface area contributed by atoms with Gasteiger partial charge in [0.05, 0.1) is 6.61 Å². The highest BCUT2D eigenvalue weighted by Gasteiger charge is 2.63. The zero-order chi connectivity index (χ0) is 15.3. The Labute approximate surface area is 123 Å². The van der Waals surface area contributed by atoms with Gasteiger partial charge in [-0.3, -0.25) is 0 Å². The number of benzene rings is 1. The largest absolute Gasteiger partial charge is 0.463 e. The first-order valence-electron chi connectivity index (χ1n) is 6.91. The first-order valence-corrected chi connectivity index (χ1v) is 6.91. The van der Waals surface area contributed by atoms with E-state index in [-0.39, 0.29) is 6.61 Å². The van der Waals surface area contributed by atoms with Gasteiger partial charge in [-0.05, 0) is 18.4 Å². The van der Waals surface area contributed by atoms with Gasteiger partial charge in [0.15, 0.2) is 0 Å². The fraction of sp³-hybridized carbons (Fsp3) is 0.375. The van der Waals surface area contributed by atoms with Crippen molar-refractivity contribution in [3.05, 3.63) is 48.0 Å². The molecule has 0 amide bonds. The molecule has 5 heteroatoms. The Morgan fingerprint density at radius 3 is 2.71 bits per heavy atom. The molecule has 1 aliphatic heterocycles. The average Bonchev–Trinajstić information content (AvgIpc) is 2.52. The van der Waals surface area contributed by atoms with Crippen LogP contribution in [0.3, 0.4) is 0 Å². The van der Waals surface area contributed by atoms with Crippen LogP contribution >= 0.6 is 0 Å².